The molecule has 0 unspecified atom stereocenters. The first kappa shape index (κ1) is 14.1. The van der Waals surface area contributed by atoms with Crippen molar-refractivity contribution in [1.82, 2.24) is 10.3 Å². The van der Waals surface area contributed by atoms with Gasteiger partial charge in [-0.2, -0.15) is 13.2 Å². The minimum absolute atomic E-state index is 0.225. The highest BCUT2D eigenvalue weighted by Gasteiger charge is 2.35. The van der Waals surface area contributed by atoms with Crippen LogP contribution in [0.15, 0.2) is 48.1 Å². The van der Waals surface area contributed by atoms with Gasteiger partial charge in [0.05, 0.1) is 12.0 Å². The predicted molar refractivity (Wildman–Crippen MR) is 76.1 cm³/mol. The number of nitrogens with one attached hydrogen (secondary N) is 1. The number of rotatable bonds is 2. The van der Waals surface area contributed by atoms with Crippen LogP contribution in [0.3, 0.4) is 0 Å². The number of nitrogens with zero attached hydrogens (tertiary/aromatic N) is 2. The molecule has 2 aromatic rings. The Hall–Kier alpha value is -2.83. The second kappa shape index (κ2) is 5.18. The lowest BCUT2D eigenvalue weighted by atomic mass is 10.1. The summed E-state index contributed by atoms with van der Waals surface area (Å²) in [5, 5.41) is 2.83. The maximum absolute atomic E-state index is 12.9. The largest absolute Gasteiger partial charge is 0.438 e. The SMILES string of the molecule is C=C1NC=Nc2ccc(Oc3ncccc3C(F)(F)F)cc21. The molecule has 0 amide bonds. The highest BCUT2D eigenvalue weighted by atomic mass is 19.4. The van der Waals surface area contributed by atoms with E-state index in [1.54, 1.807) is 12.1 Å². The molecule has 0 spiro atoms. The molecule has 0 saturated carbocycles. The third-order valence-corrected chi connectivity index (χ3v) is 3.03. The van der Waals surface area contributed by atoms with Crippen molar-refractivity contribution < 1.29 is 17.9 Å². The number of hydrogen-bond acceptors (Lipinski definition) is 4. The van der Waals surface area contributed by atoms with Gasteiger partial charge in [0, 0.05) is 17.5 Å². The Balaban J connectivity index is 1.97. The molecular weight excluding hydrogens is 295 g/mol. The first-order valence-corrected chi connectivity index (χ1v) is 6.27. The van der Waals surface area contributed by atoms with E-state index in [4.69, 9.17) is 4.74 Å². The molecule has 1 aliphatic heterocycles. The normalized spacial score (nSPS) is 13.5. The number of benzene rings is 1. The standard InChI is InChI=1S/C15H10F3N3O/c1-9-11-7-10(4-5-13(11)21-8-20-9)22-14-12(15(16,17)18)3-2-6-19-14/h2-8H,1H2,(H,20,21). The average Bonchev–Trinajstić information content (AvgIpc) is 2.48. The molecule has 2 heterocycles. The lowest BCUT2D eigenvalue weighted by Crippen LogP contribution is -2.12. The van der Waals surface area contributed by atoms with Crippen LogP contribution in [0.2, 0.25) is 0 Å². The molecule has 112 valence electrons. The van der Waals surface area contributed by atoms with E-state index in [1.807, 2.05) is 0 Å². The van der Waals surface area contributed by atoms with E-state index in [-0.39, 0.29) is 5.75 Å². The number of pyridine rings is 1. The first-order valence-electron chi connectivity index (χ1n) is 6.27. The van der Waals surface area contributed by atoms with Crippen LogP contribution in [0.1, 0.15) is 11.1 Å². The molecule has 0 atom stereocenters. The van der Waals surface area contributed by atoms with Gasteiger partial charge in [-0.15, -0.1) is 0 Å². The van der Waals surface area contributed by atoms with Gasteiger partial charge in [0.1, 0.15) is 11.3 Å². The Labute approximate surface area is 124 Å². The molecule has 3 rings (SSSR count). The van der Waals surface area contributed by atoms with Crippen LogP contribution in [0, 0.1) is 0 Å². The van der Waals surface area contributed by atoms with Crippen molar-refractivity contribution in [3.8, 4) is 11.6 Å². The summed E-state index contributed by atoms with van der Waals surface area (Å²) in [5.74, 6) is -0.268. The van der Waals surface area contributed by atoms with Crippen LogP contribution in [0.4, 0.5) is 18.9 Å². The van der Waals surface area contributed by atoms with Gasteiger partial charge in [-0.1, -0.05) is 6.58 Å². The Morgan fingerprint density at radius 3 is 2.77 bits per heavy atom. The number of ether oxygens (including phenoxy) is 1. The van der Waals surface area contributed by atoms with Gasteiger partial charge >= 0.3 is 6.18 Å². The molecule has 22 heavy (non-hydrogen) atoms. The Kier molecular flexibility index (Phi) is 3.32. The summed E-state index contributed by atoms with van der Waals surface area (Å²) < 4.78 is 44.1. The molecule has 7 heteroatoms. The Morgan fingerprint density at radius 2 is 2.00 bits per heavy atom. The van der Waals surface area contributed by atoms with Crippen LogP contribution >= 0.6 is 0 Å². The van der Waals surface area contributed by atoms with Crippen molar-refractivity contribution in [1.29, 1.82) is 0 Å². The topological polar surface area (TPSA) is 46.5 Å². The quantitative estimate of drug-likeness (QED) is 0.907. The highest BCUT2D eigenvalue weighted by Crippen LogP contribution is 2.38. The van der Waals surface area contributed by atoms with Crippen molar-refractivity contribution >= 4 is 17.7 Å². The number of alkyl halides is 3. The van der Waals surface area contributed by atoms with Crippen LogP contribution in [-0.2, 0) is 6.18 Å². The van der Waals surface area contributed by atoms with E-state index in [9.17, 15) is 13.2 Å². The molecule has 1 aliphatic rings. The van der Waals surface area contributed by atoms with Gasteiger partial charge in [-0.05, 0) is 30.3 Å². The van der Waals surface area contributed by atoms with Crippen molar-refractivity contribution in [3.63, 3.8) is 0 Å². The summed E-state index contributed by atoms with van der Waals surface area (Å²) in [4.78, 5) is 7.76. The van der Waals surface area contributed by atoms with E-state index >= 15 is 0 Å². The van der Waals surface area contributed by atoms with Crippen LogP contribution in [0.25, 0.3) is 5.70 Å². The summed E-state index contributed by atoms with van der Waals surface area (Å²) in [6, 6.07) is 6.87. The van der Waals surface area contributed by atoms with E-state index in [2.05, 4.69) is 21.9 Å². The van der Waals surface area contributed by atoms with E-state index in [1.165, 1.54) is 24.7 Å². The minimum atomic E-state index is -4.53. The fourth-order valence-corrected chi connectivity index (χ4v) is 1.99. The molecule has 0 aliphatic carbocycles. The lowest BCUT2D eigenvalue weighted by molar-refractivity contribution is -0.138. The molecule has 0 bridgehead atoms. The number of aromatic nitrogens is 1. The number of aliphatic imine (C=N–C) groups is 1. The average molecular weight is 305 g/mol. The molecule has 4 nitrogen and oxygen atoms in total. The zero-order valence-electron chi connectivity index (χ0n) is 11.2. The highest BCUT2D eigenvalue weighted by molar-refractivity contribution is 5.86. The summed E-state index contributed by atoms with van der Waals surface area (Å²) >= 11 is 0. The molecule has 1 N–H and O–H groups in total. The second-order valence-electron chi connectivity index (χ2n) is 4.52. The van der Waals surface area contributed by atoms with E-state index in [0.29, 0.717) is 16.9 Å². The molecule has 1 aromatic heterocycles. The van der Waals surface area contributed by atoms with Gasteiger partial charge in [-0.25, -0.2) is 9.98 Å². The third kappa shape index (κ3) is 2.65. The van der Waals surface area contributed by atoms with Gasteiger partial charge < -0.3 is 10.1 Å². The summed E-state index contributed by atoms with van der Waals surface area (Å²) in [5.41, 5.74) is 0.980. The number of hydrogen-bond donors (Lipinski definition) is 1. The maximum atomic E-state index is 12.9. The van der Waals surface area contributed by atoms with Crippen LogP contribution < -0.4 is 10.1 Å². The van der Waals surface area contributed by atoms with Crippen LogP contribution in [0.5, 0.6) is 11.6 Å². The van der Waals surface area contributed by atoms with Gasteiger partial charge in [0.2, 0.25) is 5.88 Å². The number of fused-ring (bicyclic) bond motifs is 1. The number of halogens is 3. The molecule has 0 fully saturated rings. The fraction of sp³-hybridized carbons (Fsp3) is 0.0667. The molecular formula is C15H10F3N3O. The molecule has 0 radical (unpaired) electrons. The Bertz CT molecular complexity index is 769. The maximum Gasteiger partial charge on any atom is 0.421 e. The zero-order chi connectivity index (χ0) is 15.7. The van der Waals surface area contributed by atoms with E-state index < -0.39 is 17.6 Å². The van der Waals surface area contributed by atoms with Crippen molar-refractivity contribution in [2.75, 3.05) is 0 Å². The minimum Gasteiger partial charge on any atom is -0.438 e. The molecule has 1 aromatic carbocycles. The summed E-state index contributed by atoms with van der Waals surface area (Å²) in [6.45, 7) is 3.81. The first-order chi connectivity index (χ1) is 10.4. The summed E-state index contributed by atoms with van der Waals surface area (Å²) in [7, 11) is 0. The van der Waals surface area contributed by atoms with Gasteiger partial charge in [0.25, 0.3) is 0 Å². The van der Waals surface area contributed by atoms with Gasteiger partial charge in [-0.3, -0.25) is 0 Å². The van der Waals surface area contributed by atoms with E-state index in [0.717, 1.165) is 6.07 Å². The fourth-order valence-electron chi connectivity index (χ4n) is 1.99. The smallest absolute Gasteiger partial charge is 0.421 e. The van der Waals surface area contributed by atoms with Crippen molar-refractivity contribution in [3.05, 3.63) is 54.2 Å². The monoisotopic (exact) mass is 305 g/mol. The zero-order valence-corrected chi connectivity index (χ0v) is 11.2. The van der Waals surface area contributed by atoms with Crippen LogP contribution in [-0.4, -0.2) is 11.3 Å². The molecule has 0 saturated heterocycles. The summed E-state index contributed by atoms with van der Waals surface area (Å²) in [6.07, 6.45) is -1.80. The van der Waals surface area contributed by atoms with Crippen molar-refractivity contribution in [2.45, 2.75) is 6.18 Å². The van der Waals surface area contributed by atoms with Crippen molar-refractivity contribution in [2.24, 2.45) is 4.99 Å². The van der Waals surface area contributed by atoms with Gasteiger partial charge in [0.15, 0.2) is 0 Å². The Morgan fingerprint density at radius 1 is 1.18 bits per heavy atom. The lowest BCUT2D eigenvalue weighted by Gasteiger charge is -2.16. The second-order valence-corrected chi connectivity index (χ2v) is 4.52. The predicted octanol–water partition coefficient (Wildman–Crippen LogP) is 4.13. The third-order valence-electron chi connectivity index (χ3n) is 3.03.